The van der Waals surface area contributed by atoms with Crippen molar-refractivity contribution in [2.24, 2.45) is 0 Å². The first-order chi connectivity index (χ1) is 7.67. The van der Waals surface area contributed by atoms with Gasteiger partial charge in [-0.1, -0.05) is 17.7 Å². The lowest BCUT2D eigenvalue weighted by Gasteiger charge is -2.12. The lowest BCUT2D eigenvalue weighted by molar-refractivity contribution is 0.164. The summed E-state index contributed by atoms with van der Waals surface area (Å²) in [5.74, 6) is 0.905. The SMILES string of the molecule is CNCC(O)CCc1cc(C)ccc1OC. The van der Waals surface area contributed by atoms with E-state index in [0.717, 1.165) is 24.2 Å². The number of hydrogen-bond acceptors (Lipinski definition) is 3. The number of likely N-dealkylation sites (N-methyl/N-ethyl adjacent to an activating group) is 1. The highest BCUT2D eigenvalue weighted by Crippen LogP contribution is 2.21. The van der Waals surface area contributed by atoms with Gasteiger partial charge in [-0.25, -0.2) is 0 Å². The molecule has 0 fully saturated rings. The second-order valence-electron chi connectivity index (χ2n) is 4.07. The molecule has 3 nitrogen and oxygen atoms in total. The fourth-order valence-electron chi connectivity index (χ4n) is 1.76. The van der Waals surface area contributed by atoms with Crippen molar-refractivity contribution in [2.75, 3.05) is 20.7 Å². The van der Waals surface area contributed by atoms with E-state index in [1.165, 1.54) is 5.56 Å². The molecule has 0 bridgehead atoms. The smallest absolute Gasteiger partial charge is 0.122 e. The summed E-state index contributed by atoms with van der Waals surface area (Å²) >= 11 is 0. The third-order valence-corrected chi connectivity index (χ3v) is 2.62. The number of aryl methyl sites for hydroxylation is 2. The molecule has 0 amide bonds. The van der Waals surface area contributed by atoms with Gasteiger partial charge >= 0.3 is 0 Å². The fraction of sp³-hybridized carbons (Fsp3) is 0.538. The van der Waals surface area contributed by atoms with Gasteiger partial charge in [0.25, 0.3) is 0 Å². The monoisotopic (exact) mass is 223 g/mol. The number of rotatable bonds is 6. The zero-order valence-corrected chi connectivity index (χ0v) is 10.3. The predicted octanol–water partition coefficient (Wildman–Crippen LogP) is 1.52. The quantitative estimate of drug-likeness (QED) is 0.768. The zero-order chi connectivity index (χ0) is 12.0. The molecule has 0 aliphatic heterocycles. The summed E-state index contributed by atoms with van der Waals surface area (Å²) in [5.41, 5.74) is 2.39. The lowest BCUT2D eigenvalue weighted by atomic mass is 10.0. The maximum atomic E-state index is 9.64. The molecule has 0 aliphatic carbocycles. The summed E-state index contributed by atoms with van der Waals surface area (Å²) in [4.78, 5) is 0. The molecule has 0 spiro atoms. The highest BCUT2D eigenvalue weighted by atomic mass is 16.5. The van der Waals surface area contributed by atoms with Crippen molar-refractivity contribution in [3.8, 4) is 5.75 Å². The van der Waals surface area contributed by atoms with Crippen molar-refractivity contribution in [2.45, 2.75) is 25.9 Å². The highest BCUT2D eigenvalue weighted by Gasteiger charge is 2.07. The number of aliphatic hydroxyl groups is 1. The van der Waals surface area contributed by atoms with E-state index in [9.17, 15) is 5.11 Å². The molecule has 1 aromatic rings. The summed E-state index contributed by atoms with van der Waals surface area (Å²) in [6.07, 6.45) is 1.30. The van der Waals surface area contributed by atoms with Crippen LogP contribution in [-0.2, 0) is 6.42 Å². The van der Waals surface area contributed by atoms with Crippen molar-refractivity contribution >= 4 is 0 Å². The fourth-order valence-corrected chi connectivity index (χ4v) is 1.76. The second-order valence-corrected chi connectivity index (χ2v) is 4.07. The average molecular weight is 223 g/mol. The number of nitrogens with one attached hydrogen (secondary N) is 1. The molecule has 0 saturated carbocycles. The van der Waals surface area contributed by atoms with Crippen LogP contribution in [-0.4, -0.2) is 31.9 Å². The summed E-state index contributed by atoms with van der Waals surface area (Å²) in [5, 5.41) is 12.6. The van der Waals surface area contributed by atoms with Crippen LogP contribution in [0.1, 0.15) is 17.5 Å². The molecule has 0 aromatic heterocycles. The van der Waals surface area contributed by atoms with Crippen molar-refractivity contribution in [3.05, 3.63) is 29.3 Å². The molecule has 0 heterocycles. The van der Waals surface area contributed by atoms with Crippen molar-refractivity contribution in [1.29, 1.82) is 0 Å². The number of aliphatic hydroxyl groups excluding tert-OH is 1. The molecule has 1 rings (SSSR count). The highest BCUT2D eigenvalue weighted by molar-refractivity contribution is 5.36. The minimum atomic E-state index is -0.296. The summed E-state index contributed by atoms with van der Waals surface area (Å²) in [6, 6.07) is 6.13. The normalized spacial score (nSPS) is 12.5. The third-order valence-electron chi connectivity index (χ3n) is 2.62. The Bertz CT molecular complexity index is 326. The molecule has 90 valence electrons. The van der Waals surface area contributed by atoms with Crippen LogP contribution in [0.25, 0.3) is 0 Å². The van der Waals surface area contributed by atoms with Crippen LogP contribution in [0.2, 0.25) is 0 Å². The third kappa shape index (κ3) is 3.83. The first-order valence-electron chi connectivity index (χ1n) is 5.63. The molecular formula is C13H21NO2. The van der Waals surface area contributed by atoms with E-state index < -0.39 is 0 Å². The van der Waals surface area contributed by atoms with Gasteiger partial charge in [0.2, 0.25) is 0 Å². The van der Waals surface area contributed by atoms with Crippen LogP contribution in [0.5, 0.6) is 5.75 Å². The van der Waals surface area contributed by atoms with Crippen LogP contribution in [0.3, 0.4) is 0 Å². The van der Waals surface area contributed by atoms with E-state index in [4.69, 9.17) is 4.74 Å². The van der Waals surface area contributed by atoms with Crippen LogP contribution >= 0.6 is 0 Å². The number of benzene rings is 1. The van der Waals surface area contributed by atoms with E-state index in [0.29, 0.717) is 6.54 Å². The molecule has 2 N–H and O–H groups in total. The maximum absolute atomic E-state index is 9.64. The lowest BCUT2D eigenvalue weighted by Crippen LogP contribution is -2.23. The van der Waals surface area contributed by atoms with Crippen molar-refractivity contribution in [1.82, 2.24) is 5.32 Å². The maximum Gasteiger partial charge on any atom is 0.122 e. The van der Waals surface area contributed by atoms with Gasteiger partial charge in [-0.05, 0) is 38.4 Å². The van der Waals surface area contributed by atoms with Gasteiger partial charge in [-0.3, -0.25) is 0 Å². The molecule has 3 heteroatoms. The van der Waals surface area contributed by atoms with Crippen molar-refractivity contribution in [3.63, 3.8) is 0 Å². The molecule has 1 unspecified atom stereocenters. The minimum absolute atomic E-state index is 0.296. The van der Waals surface area contributed by atoms with Gasteiger partial charge < -0.3 is 15.2 Å². The number of ether oxygens (including phenoxy) is 1. The number of hydrogen-bond donors (Lipinski definition) is 2. The molecule has 1 aromatic carbocycles. The minimum Gasteiger partial charge on any atom is -0.496 e. The predicted molar refractivity (Wildman–Crippen MR) is 66.0 cm³/mol. The van der Waals surface area contributed by atoms with Crippen LogP contribution in [0.15, 0.2) is 18.2 Å². The van der Waals surface area contributed by atoms with Gasteiger partial charge in [0.05, 0.1) is 13.2 Å². The van der Waals surface area contributed by atoms with E-state index >= 15 is 0 Å². The molecule has 1 atom stereocenters. The molecular weight excluding hydrogens is 202 g/mol. The Labute approximate surface area is 97.4 Å². The van der Waals surface area contributed by atoms with Gasteiger partial charge in [-0.15, -0.1) is 0 Å². The largest absolute Gasteiger partial charge is 0.496 e. The Balaban J connectivity index is 2.61. The van der Waals surface area contributed by atoms with Gasteiger partial charge in [0, 0.05) is 6.54 Å². The standard InChI is InChI=1S/C13H21NO2/c1-10-4-7-13(16-3)11(8-10)5-6-12(15)9-14-2/h4,7-8,12,14-15H,5-6,9H2,1-3H3. The Hall–Kier alpha value is -1.06. The molecule has 16 heavy (non-hydrogen) atoms. The molecule has 0 saturated heterocycles. The van der Waals surface area contributed by atoms with Crippen LogP contribution in [0.4, 0.5) is 0 Å². The topological polar surface area (TPSA) is 41.5 Å². The van der Waals surface area contributed by atoms with Crippen LogP contribution < -0.4 is 10.1 Å². The Morgan fingerprint density at radius 2 is 2.19 bits per heavy atom. The van der Waals surface area contributed by atoms with Gasteiger partial charge in [0.15, 0.2) is 0 Å². The Morgan fingerprint density at radius 1 is 1.44 bits per heavy atom. The van der Waals surface area contributed by atoms with E-state index in [2.05, 4.69) is 18.3 Å². The van der Waals surface area contributed by atoms with E-state index in [-0.39, 0.29) is 6.10 Å². The zero-order valence-electron chi connectivity index (χ0n) is 10.3. The Kier molecular flexibility index (Phi) is 5.29. The number of methoxy groups -OCH3 is 1. The summed E-state index contributed by atoms with van der Waals surface area (Å²) in [6.45, 7) is 2.70. The summed E-state index contributed by atoms with van der Waals surface area (Å²) in [7, 11) is 3.52. The average Bonchev–Trinajstić information content (AvgIpc) is 2.27. The van der Waals surface area contributed by atoms with Crippen LogP contribution in [0, 0.1) is 6.92 Å². The summed E-state index contributed by atoms with van der Waals surface area (Å²) < 4.78 is 5.30. The first-order valence-corrected chi connectivity index (χ1v) is 5.63. The van der Waals surface area contributed by atoms with Gasteiger partial charge in [0.1, 0.15) is 5.75 Å². The van der Waals surface area contributed by atoms with E-state index in [1.54, 1.807) is 7.11 Å². The second kappa shape index (κ2) is 6.51. The van der Waals surface area contributed by atoms with Crippen molar-refractivity contribution < 1.29 is 9.84 Å². The Morgan fingerprint density at radius 3 is 2.81 bits per heavy atom. The first kappa shape index (κ1) is 13.0. The molecule has 0 aliphatic rings. The van der Waals surface area contributed by atoms with Gasteiger partial charge in [-0.2, -0.15) is 0 Å². The van der Waals surface area contributed by atoms with E-state index in [1.807, 2.05) is 19.2 Å². The molecule has 0 radical (unpaired) electrons.